The molecule has 0 aromatic carbocycles. The number of nitrogens with one attached hydrogen (secondary N) is 1. The molecule has 2 unspecified atom stereocenters. The van der Waals surface area contributed by atoms with E-state index in [9.17, 15) is 4.79 Å². The van der Waals surface area contributed by atoms with Gasteiger partial charge in [-0.1, -0.05) is 13.8 Å². The van der Waals surface area contributed by atoms with Crippen LogP contribution >= 0.6 is 39.7 Å². The molecule has 0 aliphatic carbocycles. The summed E-state index contributed by atoms with van der Waals surface area (Å²) >= 11 is 5.01. The molecule has 1 amide bonds. The third-order valence-electron chi connectivity index (χ3n) is 2.80. The molecule has 0 radical (unpaired) electrons. The fraction of sp³-hybridized carbons (Fsp3) is 0.615. The van der Waals surface area contributed by atoms with E-state index in [4.69, 9.17) is 5.73 Å². The van der Waals surface area contributed by atoms with Crippen molar-refractivity contribution in [3.8, 4) is 0 Å². The summed E-state index contributed by atoms with van der Waals surface area (Å²) in [5.41, 5.74) is 5.69. The normalized spacial score (nSPS) is 13.8. The Morgan fingerprint density at radius 3 is 2.47 bits per heavy atom. The molecule has 2 atom stereocenters. The molecule has 0 aliphatic heterocycles. The molecule has 1 aromatic heterocycles. The molecule has 0 fully saturated rings. The molecule has 0 saturated carbocycles. The van der Waals surface area contributed by atoms with E-state index in [2.05, 4.69) is 35.1 Å². The quantitative estimate of drug-likeness (QED) is 0.806. The maximum atomic E-state index is 12.1. The van der Waals surface area contributed by atoms with Crippen LogP contribution in [-0.2, 0) is 4.79 Å². The van der Waals surface area contributed by atoms with Gasteiger partial charge in [0.2, 0.25) is 5.91 Å². The molecular formula is C13H22BrClN2OS. The minimum absolute atomic E-state index is 0. The van der Waals surface area contributed by atoms with Gasteiger partial charge in [0.05, 0.1) is 9.70 Å². The van der Waals surface area contributed by atoms with Crippen molar-refractivity contribution >= 4 is 45.6 Å². The largest absolute Gasteiger partial charge is 0.352 e. The van der Waals surface area contributed by atoms with Crippen LogP contribution < -0.4 is 11.1 Å². The summed E-state index contributed by atoms with van der Waals surface area (Å²) in [6, 6.07) is 4.03. The van der Waals surface area contributed by atoms with Crippen LogP contribution in [0.4, 0.5) is 0 Å². The van der Waals surface area contributed by atoms with Crippen LogP contribution in [0.25, 0.3) is 0 Å². The Morgan fingerprint density at radius 1 is 1.42 bits per heavy atom. The van der Waals surface area contributed by atoms with Gasteiger partial charge in [-0.05, 0) is 47.3 Å². The van der Waals surface area contributed by atoms with Crippen LogP contribution in [0.15, 0.2) is 15.9 Å². The van der Waals surface area contributed by atoms with Gasteiger partial charge in [-0.15, -0.1) is 23.7 Å². The fourth-order valence-electron chi connectivity index (χ4n) is 1.80. The van der Waals surface area contributed by atoms with Gasteiger partial charge in [0.15, 0.2) is 0 Å². The number of amides is 1. The molecule has 110 valence electrons. The second kappa shape index (κ2) is 8.95. The van der Waals surface area contributed by atoms with E-state index in [-0.39, 0.29) is 30.3 Å². The Hall–Kier alpha value is -0.100. The molecule has 0 aliphatic rings. The lowest BCUT2D eigenvalue weighted by Crippen LogP contribution is -2.42. The molecule has 3 N–H and O–H groups in total. The molecule has 3 nitrogen and oxygen atoms in total. The minimum atomic E-state index is -0.123. The molecule has 0 bridgehead atoms. The SMILES string of the molecule is CC(C)CC(CN)NC(=O)C(C)c1ccc(Br)s1.Cl. The second-order valence-corrected chi connectivity index (χ2v) is 7.43. The summed E-state index contributed by atoms with van der Waals surface area (Å²) in [6.07, 6.45) is 0.920. The maximum Gasteiger partial charge on any atom is 0.228 e. The lowest BCUT2D eigenvalue weighted by atomic mass is 10.0. The Kier molecular flexibility index (Phi) is 8.90. The van der Waals surface area contributed by atoms with Crippen LogP contribution in [0, 0.1) is 5.92 Å². The predicted molar refractivity (Wildman–Crippen MR) is 88.1 cm³/mol. The average Bonchev–Trinajstić information content (AvgIpc) is 2.73. The van der Waals surface area contributed by atoms with Gasteiger partial charge < -0.3 is 11.1 Å². The number of carbonyl (C=O) groups excluding carboxylic acids is 1. The zero-order chi connectivity index (χ0) is 13.7. The lowest BCUT2D eigenvalue weighted by Gasteiger charge is -2.20. The smallest absolute Gasteiger partial charge is 0.228 e. The van der Waals surface area contributed by atoms with Crippen LogP contribution in [0.5, 0.6) is 0 Å². The number of rotatable bonds is 6. The lowest BCUT2D eigenvalue weighted by molar-refractivity contribution is -0.122. The highest BCUT2D eigenvalue weighted by molar-refractivity contribution is 9.11. The molecular weight excluding hydrogens is 348 g/mol. The first-order chi connectivity index (χ1) is 8.43. The van der Waals surface area contributed by atoms with E-state index in [0.717, 1.165) is 15.1 Å². The van der Waals surface area contributed by atoms with Crippen molar-refractivity contribution in [2.75, 3.05) is 6.54 Å². The number of halogens is 2. The molecule has 1 aromatic rings. The van der Waals surface area contributed by atoms with Crippen LogP contribution in [-0.4, -0.2) is 18.5 Å². The molecule has 0 spiro atoms. The Balaban J connectivity index is 0.00000324. The number of hydrogen-bond acceptors (Lipinski definition) is 3. The Bertz CT molecular complexity index is 398. The Morgan fingerprint density at radius 2 is 2.05 bits per heavy atom. The number of hydrogen-bond donors (Lipinski definition) is 2. The first-order valence-electron chi connectivity index (χ1n) is 6.19. The van der Waals surface area contributed by atoms with Crippen molar-refractivity contribution in [3.05, 3.63) is 20.8 Å². The van der Waals surface area contributed by atoms with E-state index in [0.29, 0.717) is 12.5 Å². The van der Waals surface area contributed by atoms with Crippen molar-refractivity contribution in [1.82, 2.24) is 5.32 Å². The first kappa shape index (κ1) is 18.9. The number of carbonyl (C=O) groups is 1. The molecule has 19 heavy (non-hydrogen) atoms. The summed E-state index contributed by atoms with van der Waals surface area (Å²) in [5, 5.41) is 3.03. The van der Waals surface area contributed by atoms with E-state index in [1.165, 1.54) is 0 Å². The third-order valence-corrected chi connectivity index (χ3v) is 4.61. The summed E-state index contributed by atoms with van der Waals surface area (Å²) < 4.78 is 1.05. The summed E-state index contributed by atoms with van der Waals surface area (Å²) in [4.78, 5) is 13.2. The van der Waals surface area contributed by atoms with Crippen molar-refractivity contribution in [2.45, 2.75) is 39.2 Å². The highest BCUT2D eigenvalue weighted by atomic mass is 79.9. The summed E-state index contributed by atoms with van der Waals surface area (Å²) in [6.45, 7) is 6.69. The summed E-state index contributed by atoms with van der Waals surface area (Å²) in [5.74, 6) is 0.466. The van der Waals surface area contributed by atoms with Gasteiger partial charge in [0.1, 0.15) is 0 Å². The van der Waals surface area contributed by atoms with Gasteiger partial charge >= 0.3 is 0 Å². The summed E-state index contributed by atoms with van der Waals surface area (Å²) in [7, 11) is 0. The topological polar surface area (TPSA) is 55.1 Å². The van der Waals surface area contributed by atoms with Crippen LogP contribution in [0.3, 0.4) is 0 Å². The van der Waals surface area contributed by atoms with E-state index in [1.54, 1.807) is 11.3 Å². The first-order valence-corrected chi connectivity index (χ1v) is 7.80. The van der Waals surface area contributed by atoms with Gasteiger partial charge in [-0.3, -0.25) is 4.79 Å². The molecule has 6 heteroatoms. The van der Waals surface area contributed by atoms with Crippen LogP contribution in [0.2, 0.25) is 0 Å². The van der Waals surface area contributed by atoms with Crippen molar-refractivity contribution in [2.24, 2.45) is 11.7 Å². The molecule has 0 saturated heterocycles. The Labute approximate surface area is 133 Å². The van der Waals surface area contributed by atoms with Gasteiger partial charge in [-0.25, -0.2) is 0 Å². The van der Waals surface area contributed by atoms with Crippen molar-refractivity contribution in [1.29, 1.82) is 0 Å². The number of thiophene rings is 1. The van der Waals surface area contributed by atoms with E-state index >= 15 is 0 Å². The van der Waals surface area contributed by atoms with E-state index in [1.807, 2.05) is 19.1 Å². The van der Waals surface area contributed by atoms with E-state index < -0.39 is 0 Å². The second-order valence-electron chi connectivity index (χ2n) is 4.93. The minimum Gasteiger partial charge on any atom is -0.352 e. The molecule has 1 heterocycles. The zero-order valence-corrected chi connectivity index (χ0v) is 14.7. The van der Waals surface area contributed by atoms with Crippen molar-refractivity contribution < 1.29 is 4.79 Å². The fourth-order valence-corrected chi connectivity index (χ4v) is 3.27. The zero-order valence-electron chi connectivity index (χ0n) is 11.5. The maximum absolute atomic E-state index is 12.1. The predicted octanol–water partition coefficient (Wildman–Crippen LogP) is 3.53. The van der Waals surface area contributed by atoms with Crippen molar-refractivity contribution in [3.63, 3.8) is 0 Å². The third kappa shape index (κ3) is 6.25. The van der Waals surface area contributed by atoms with Crippen LogP contribution in [0.1, 0.15) is 38.0 Å². The van der Waals surface area contributed by atoms with Gasteiger partial charge in [0.25, 0.3) is 0 Å². The number of nitrogens with two attached hydrogens (primary N) is 1. The standard InChI is InChI=1S/C13H21BrN2OS.ClH/c1-8(2)6-10(7-15)16-13(17)9(3)11-4-5-12(14)18-11;/h4-5,8-10H,6-7,15H2,1-3H3,(H,16,17);1H. The van der Waals surface area contributed by atoms with Gasteiger partial charge in [0, 0.05) is 17.5 Å². The average molecular weight is 370 g/mol. The highest BCUT2D eigenvalue weighted by Crippen LogP contribution is 2.28. The highest BCUT2D eigenvalue weighted by Gasteiger charge is 2.20. The monoisotopic (exact) mass is 368 g/mol. The molecule has 1 rings (SSSR count). The van der Waals surface area contributed by atoms with Gasteiger partial charge in [-0.2, -0.15) is 0 Å².